The number of hydrogen-bond donors (Lipinski definition) is 2. The van der Waals surface area contributed by atoms with Gasteiger partial charge in [-0.05, 0) is 51.1 Å². The zero-order valence-corrected chi connectivity index (χ0v) is 13.3. The van der Waals surface area contributed by atoms with Crippen LogP contribution in [0.4, 0.5) is 5.69 Å². The number of amides is 1. The first-order chi connectivity index (χ1) is 9.49. The van der Waals surface area contributed by atoms with Gasteiger partial charge in [0.05, 0.1) is 0 Å². The molecule has 1 unspecified atom stereocenters. The lowest BCUT2D eigenvalue weighted by atomic mass is 10.1. The number of benzene rings is 1. The molecule has 4 nitrogen and oxygen atoms in total. The molecular weight excluding hydrogens is 250 g/mol. The van der Waals surface area contributed by atoms with Gasteiger partial charge in [0.1, 0.15) is 0 Å². The molecule has 0 aliphatic carbocycles. The second-order valence-corrected chi connectivity index (χ2v) is 5.27. The van der Waals surface area contributed by atoms with E-state index in [-0.39, 0.29) is 5.91 Å². The Morgan fingerprint density at radius 2 is 2.10 bits per heavy atom. The lowest BCUT2D eigenvalue weighted by Gasteiger charge is -2.23. The molecule has 0 radical (unpaired) electrons. The largest absolute Gasteiger partial charge is 0.388 e. The second kappa shape index (κ2) is 7.90. The summed E-state index contributed by atoms with van der Waals surface area (Å²) in [6, 6.07) is 6.32. The third-order valence-electron chi connectivity index (χ3n) is 3.85. The van der Waals surface area contributed by atoms with Crippen molar-refractivity contribution in [3.8, 4) is 0 Å². The quantitative estimate of drug-likeness (QED) is 0.805. The van der Waals surface area contributed by atoms with Crippen molar-refractivity contribution in [2.75, 3.05) is 32.5 Å². The normalized spacial score (nSPS) is 12.3. The van der Waals surface area contributed by atoms with E-state index in [1.807, 2.05) is 32.2 Å². The summed E-state index contributed by atoms with van der Waals surface area (Å²) < 4.78 is 0. The Kier molecular flexibility index (Phi) is 6.52. The maximum atomic E-state index is 12.1. The molecule has 1 aromatic carbocycles. The van der Waals surface area contributed by atoms with E-state index in [0.29, 0.717) is 12.6 Å². The van der Waals surface area contributed by atoms with Gasteiger partial charge < -0.3 is 15.5 Å². The van der Waals surface area contributed by atoms with Crippen LogP contribution in [0.1, 0.15) is 36.2 Å². The fraction of sp³-hybridized carbons (Fsp3) is 0.562. The van der Waals surface area contributed by atoms with Crippen LogP contribution in [-0.4, -0.2) is 44.0 Å². The van der Waals surface area contributed by atoms with E-state index in [1.165, 1.54) is 0 Å². The topological polar surface area (TPSA) is 44.4 Å². The van der Waals surface area contributed by atoms with Crippen LogP contribution >= 0.6 is 0 Å². The zero-order chi connectivity index (χ0) is 15.1. The second-order valence-electron chi connectivity index (χ2n) is 5.27. The van der Waals surface area contributed by atoms with E-state index in [4.69, 9.17) is 0 Å². The van der Waals surface area contributed by atoms with Crippen molar-refractivity contribution in [3.05, 3.63) is 29.3 Å². The van der Waals surface area contributed by atoms with Crippen LogP contribution in [0.2, 0.25) is 0 Å². The minimum absolute atomic E-state index is 0.00250. The Bertz CT molecular complexity index is 445. The van der Waals surface area contributed by atoms with Crippen molar-refractivity contribution in [2.45, 2.75) is 33.2 Å². The van der Waals surface area contributed by atoms with E-state index in [1.54, 1.807) is 0 Å². The van der Waals surface area contributed by atoms with Crippen LogP contribution in [0.15, 0.2) is 18.2 Å². The molecule has 0 aliphatic rings. The van der Waals surface area contributed by atoms with Gasteiger partial charge in [0.25, 0.3) is 5.91 Å². The SMILES string of the molecule is CCC(C)N(C)CCNC(=O)c1ccc(NC)cc1C. The van der Waals surface area contributed by atoms with Crippen molar-refractivity contribution < 1.29 is 4.79 Å². The molecule has 0 aromatic heterocycles. The number of aryl methyl sites for hydroxylation is 1. The zero-order valence-electron chi connectivity index (χ0n) is 13.3. The highest BCUT2D eigenvalue weighted by atomic mass is 16.1. The summed E-state index contributed by atoms with van der Waals surface area (Å²) in [5, 5.41) is 6.06. The summed E-state index contributed by atoms with van der Waals surface area (Å²) in [5.74, 6) is 0.00250. The highest BCUT2D eigenvalue weighted by Crippen LogP contribution is 2.14. The molecule has 0 heterocycles. The summed E-state index contributed by atoms with van der Waals surface area (Å²) >= 11 is 0. The predicted molar refractivity (Wildman–Crippen MR) is 85.4 cm³/mol. The van der Waals surface area contributed by atoms with Gasteiger partial charge in [-0.25, -0.2) is 0 Å². The molecule has 2 N–H and O–H groups in total. The van der Waals surface area contributed by atoms with E-state index in [2.05, 4.69) is 36.4 Å². The van der Waals surface area contributed by atoms with Crippen molar-refractivity contribution in [1.82, 2.24) is 10.2 Å². The van der Waals surface area contributed by atoms with Gasteiger partial charge in [-0.3, -0.25) is 4.79 Å². The van der Waals surface area contributed by atoms with Crippen LogP contribution in [0.3, 0.4) is 0 Å². The van der Waals surface area contributed by atoms with E-state index in [0.717, 1.165) is 29.8 Å². The fourth-order valence-electron chi connectivity index (χ4n) is 2.05. The molecular formula is C16H27N3O. The Hall–Kier alpha value is -1.55. The minimum atomic E-state index is 0.00250. The number of nitrogens with zero attached hydrogens (tertiary/aromatic N) is 1. The van der Waals surface area contributed by atoms with Crippen LogP contribution in [0, 0.1) is 6.92 Å². The Morgan fingerprint density at radius 1 is 1.40 bits per heavy atom. The molecule has 112 valence electrons. The average molecular weight is 277 g/mol. The molecule has 4 heteroatoms. The summed E-state index contributed by atoms with van der Waals surface area (Å²) in [6.45, 7) is 7.87. The first-order valence-corrected chi connectivity index (χ1v) is 7.26. The van der Waals surface area contributed by atoms with Crippen molar-refractivity contribution in [3.63, 3.8) is 0 Å². The molecule has 1 rings (SSSR count). The fourth-order valence-corrected chi connectivity index (χ4v) is 2.05. The van der Waals surface area contributed by atoms with Crippen LogP contribution in [0.5, 0.6) is 0 Å². The molecule has 0 aliphatic heterocycles. The van der Waals surface area contributed by atoms with Gasteiger partial charge in [0.15, 0.2) is 0 Å². The van der Waals surface area contributed by atoms with Gasteiger partial charge in [-0.1, -0.05) is 6.92 Å². The Balaban J connectivity index is 2.51. The van der Waals surface area contributed by atoms with Gasteiger partial charge in [-0.15, -0.1) is 0 Å². The van der Waals surface area contributed by atoms with E-state index in [9.17, 15) is 4.79 Å². The Morgan fingerprint density at radius 3 is 2.65 bits per heavy atom. The molecule has 1 aromatic rings. The molecule has 0 spiro atoms. The maximum Gasteiger partial charge on any atom is 0.251 e. The number of anilines is 1. The number of rotatable bonds is 7. The molecule has 20 heavy (non-hydrogen) atoms. The smallest absolute Gasteiger partial charge is 0.251 e. The predicted octanol–water partition coefficient (Wildman–Crippen LogP) is 2.50. The van der Waals surface area contributed by atoms with Crippen LogP contribution in [0.25, 0.3) is 0 Å². The number of carbonyl (C=O) groups is 1. The van der Waals surface area contributed by atoms with Crippen LogP contribution < -0.4 is 10.6 Å². The molecule has 0 saturated heterocycles. The van der Waals surface area contributed by atoms with Crippen molar-refractivity contribution >= 4 is 11.6 Å². The van der Waals surface area contributed by atoms with Gasteiger partial charge in [0.2, 0.25) is 0 Å². The monoisotopic (exact) mass is 277 g/mol. The summed E-state index contributed by atoms with van der Waals surface area (Å²) in [7, 11) is 3.96. The van der Waals surface area contributed by atoms with Crippen molar-refractivity contribution in [1.29, 1.82) is 0 Å². The van der Waals surface area contributed by atoms with E-state index < -0.39 is 0 Å². The summed E-state index contributed by atoms with van der Waals surface area (Å²) in [6.07, 6.45) is 1.12. The number of nitrogens with one attached hydrogen (secondary N) is 2. The molecule has 1 amide bonds. The third kappa shape index (κ3) is 4.53. The number of hydrogen-bond acceptors (Lipinski definition) is 3. The summed E-state index contributed by atoms with van der Waals surface area (Å²) in [4.78, 5) is 14.4. The summed E-state index contributed by atoms with van der Waals surface area (Å²) in [5.41, 5.74) is 2.76. The first-order valence-electron chi connectivity index (χ1n) is 7.26. The van der Waals surface area contributed by atoms with Crippen molar-refractivity contribution in [2.24, 2.45) is 0 Å². The minimum Gasteiger partial charge on any atom is -0.388 e. The maximum absolute atomic E-state index is 12.1. The Labute approximate surface area is 122 Å². The average Bonchev–Trinajstić information content (AvgIpc) is 2.45. The highest BCUT2D eigenvalue weighted by molar-refractivity contribution is 5.96. The van der Waals surface area contributed by atoms with Gasteiger partial charge in [-0.2, -0.15) is 0 Å². The third-order valence-corrected chi connectivity index (χ3v) is 3.85. The molecule has 1 atom stereocenters. The molecule has 0 bridgehead atoms. The van der Waals surface area contributed by atoms with Gasteiger partial charge in [0, 0.05) is 37.4 Å². The number of carbonyl (C=O) groups excluding carboxylic acids is 1. The highest BCUT2D eigenvalue weighted by Gasteiger charge is 2.10. The van der Waals surface area contributed by atoms with Crippen LogP contribution in [-0.2, 0) is 0 Å². The lowest BCUT2D eigenvalue weighted by Crippen LogP contribution is -2.37. The molecule has 0 saturated carbocycles. The standard InChI is InChI=1S/C16H27N3O/c1-6-13(3)19(5)10-9-18-16(20)15-8-7-14(17-4)11-12(15)2/h7-8,11,13,17H,6,9-10H2,1-5H3,(H,18,20). The first kappa shape index (κ1) is 16.5. The lowest BCUT2D eigenvalue weighted by molar-refractivity contribution is 0.0947. The van der Waals surface area contributed by atoms with E-state index >= 15 is 0 Å². The van der Waals surface area contributed by atoms with Gasteiger partial charge >= 0.3 is 0 Å². The molecule has 0 fully saturated rings. The number of likely N-dealkylation sites (N-methyl/N-ethyl adjacent to an activating group) is 1.